The molecule has 0 saturated heterocycles. The number of hydrogen-bond donors (Lipinski definition) is 2. The quantitative estimate of drug-likeness (QED) is 0.681. The van der Waals surface area contributed by atoms with Gasteiger partial charge in [0.2, 0.25) is 0 Å². The van der Waals surface area contributed by atoms with Crippen molar-refractivity contribution in [2.24, 2.45) is 0 Å². The summed E-state index contributed by atoms with van der Waals surface area (Å²) in [5, 5.41) is 12.8. The normalized spacial score (nSPS) is 15.1. The third-order valence-corrected chi connectivity index (χ3v) is 2.68. The van der Waals surface area contributed by atoms with Crippen LogP contribution in [0.4, 0.5) is 0 Å². The van der Waals surface area contributed by atoms with E-state index >= 15 is 0 Å². The van der Waals surface area contributed by atoms with Crippen LogP contribution in [-0.4, -0.2) is 17.8 Å². The van der Waals surface area contributed by atoms with Crippen molar-refractivity contribution >= 4 is 0 Å². The van der Waals surface area contributed by atoms with Crippen LogP contribution in [0.1, 0.15) is 44.7 Å². The van der Waals surface area contributed by atoms with Gasteiger partial charge in [0.15, 0.2) is 0 Å². The first kappa shape index (κ1) is 12.3. The van der Waals surface area contributed by atoms with E-state index in [1.165, 1.54) is 5.56 Å². The van der Waals surface area contributed by atoms with Gasteiger partial charge in [-0.1, -0.05) is 6.92 Å². The Kier molecular flexibility index (Phi) is 5.43. The molecule has 1 aromatic heterocycles. The molecule has 0 bridgehead atoms. The molecule has 1 rings (SSSR count). The molecule has 15 heavy (non-hydrogen) atoms. The average Bonchev–Trinajstić information content (AvgIpc) is 2.77. The van der Waals surface area contributed by atoms with Gasteiger partial charge in [-0.3, -0.25) is 0 Å². The molecule has 3 heteroatoms. The van der Waals surface area contributed by atoms with Gasteiger partial charge < -0.3 is 14.8 Å². The molecule has 0 fully saturated rings. The molecule has 86 valence electrons. The minimum absolute atomic E-state index is 0.143. The minimum Gasteiger partial charge on any atom is -0.472 e. The lowest BCUT2D eigenvalue weighted by atomic mass is 10.1. The monoisotopic (exact) mass is 211 g/mol. The number of rotatable bonds is 7. The van der Waals surface area contributed by atoms with Gasteiger partial charge in [-0.25, -0.2) is 0 Å². The maximum absolute atomic E-state index is 9.36. The van der Waals surface area contributed by atoms with Crippen molar-refractivity contribution in [3.8, 4) is 0 Å². The predicted molar refractivity (Wildman–Crippen MR) is 60.7 cm³/mol. The summed E-state index contributed by atoms with van der Waals surface area (Å²) in [6, 6.07) is 2.29. The summed E-state index contributed by atoms with van der Waals surface area (Å²) < 4.78 is 5.02. The summed E-state index contributed by atoms with van der Waals surface area (Å²) in [4.78, 5) is 0. The van der Waals surface area contributed by atoms with Gasteiger partial charge in [-0.05, 0) is 38.8 Å². The van der Waals surface area contributed by atoms with Crippen LogP contribution in [0, 0.1) is 0 Å². The molecule has 1 heterocycles. The summed E-state index contributed by atoms with van der Waals surface area (Å²) in [5.74, 6) is 0. The van der Waals surface area contributed by atoms with Crippen LogP contribution >= 0.6 is 0 Å². The van der Waals surface area contributed by atoms with Crippen LogP contribution < -0.4 is 5.32 Å². The molecular formula is C12H21NO2. The Hall–Kier alpha value is -0.800. The van der Waals surface area contributed by atoms with Crippen molar-refractivity contribution in [2.75, 3.05) is 6.54 Å². The molecule has 0 aromatic carbocycles. The smallest absolute Gasteiger partial charge is 0.0950 e. The zero-order chi connectivity index (χ0) is 11.1. The first-order valence-electron chi connectivity index (χ1n) is 5.67. The van der Waals surface area contributed by atoms with E-state index in [2.05, 4.69) is 12.2 Å². The Bertz CT molecular complexity index is 246. The maximum Gasteiger partial charge on any atom is 0.0950 e. The highest BCUT2D eigenvalue weighted by molar-refractivity contribution is 5.09. The zero-order valence-electron chi connectivity index (χ0n) is 9.57. The molecule has 0 aliphatic heterocycles. The number of hydrogen-bond acceptors (Lipinski definition) is 3. The van der Waals surface area contributed by atoms with Crippen molar-refractivity contribution in [1.29, 1.82) is 0 Å². The molecule has 0 saturated carbocycles. The van der Waals surface area contributed by atoms with Crippen LogP contribution in [0.15, 0.2) is 23.0 Å². The molecule has 3 nitrogen and oxygen atoms in total. The zero-order valence-corrected chi connectivity index (χ0v) is 9.57. The third-order valence-electron chi connectivity index (χ3n) is 2.68. The molecule has 1 aromatic rings. The van der Waals surface area contributed by atoms with E-state index in [-0.39, 0.29) is 6.10 Å². The van der Waals surface area contributed by atoms with Gasteiger partial charge >= 0.3 is 0 Å². The van der Waals surface area contributed by atoms with Crippen molar-refractivity contribution < 1.29 is 9.52 Å². The van der Waals surface area contributed by atoms with Crippen LogP contribution in [0.2, 0.25) is 0 Å². The van der Waals surface area contributed by atoms with Crippen molar-refractivity contribution in [3.63, 3.8) is 0 Å². The molecule has 0 aliphatic rings. The second kappa shape index (κ2) is 6.64. The van der Waals surface area contributed by atoms with Crippen LogP contribution in [-0.2, 0) is 0 Å². The summed E-state index contributed by atoms with van der Waals surface area (Å²) in [7, 11) is 0. The fourth-order valence-electron chi connectivity index (χ4n) is 1.50. The molecular weight excluding hydrogens is 190 g/mol. The summed E-state index contributed by atoms with van der Waals surface area (Å²) in [6.07, 6.45) is 6.04. The Balaban J connectivity index is 2.10. The van der Waals surface area contributed by atoms with Crippen LogP contribution in [0.5, 0.6) is 0 Å². The largest absolute Gasteiger partial charge is 0.472 e. The summed E-state index contributed by atoms with van der Waals surface area (Å²) in [5.41, 5.74) is 1.17. The highest BCUT2D eigenvalue weighted by atomic mass is 16.3. The number of aliphatic hydroxyl groups is 1. The van der Waals surface area contributed by atoms with Crippen LogP contribution in [0.25, 0.3) is 0 Å². The van der Waals surface area contributed by atoms with Gasteiger partial charge in [-0.15, -0.1) is 0 Å². The molecule has 0 radical (unpaired) electrons. The van der Waals surface area contributed by atoms with E-state index in [4.69, 9.17) is 4.42 Å². The molecule has 2 atom stereocenters. The first-order valence-corrected chi connectivity index (χ1v) is 5.67. The van der Waals surface area contributed by atoms with Crippen molar-refractivity contribution in [1.82, 2.24) is 5.32 Å². The molecule has 0 spiro atoms. The predicted octanol–water partition coefficient (Wildman–Crippen LogP) is 2.48. The van der Waals surface area contributed by atoms with Crippen molar-refractivity contribution in [2.45, 2.75) is 45.3 Å². The highest BCUT2D eigenvalue weighted by Gasteiger charge is 2.05. The van der Waals surface area contributed by atoms with Gasteiger partial charge in [0.05, 0.1) is 18.6 Å². The molecule has 2 N–H and O–H groups in total. The lowest BCUT2D eigenvalue weighted by Crippen LogP contribution is -2.20. The minimum atomic E-state index is -0.143. The van der Waals surface area contributed by atoms with E-state index in [0.717, 1.165) is 25.8 Å². The fourth-order valence-corrected chi connectivity index (χ4v) is 1.50. The van der Waals surface area contributed by atoms with Gasteiger partial charge in [0.1, 0.15) is 0 Å². The third kappa shape index (κ3) is 4.49. The molecule has 2 unspecified atom stereocenters. The molecule has 0 amide bonds. The van der Waals surface area contributed by atoms with Gasteiger partial charge in [0.25, 0.3) is 0 Å². The SMILES string of the molecule is CCC(O)CCCNC(C)c1ccoc1. The first-order chi connectivity index (χ1) is 7.24. The van der Waals surface area contributed by atoms with E-state index in [9.17, 15) is 5.11 Å². The number of aliphatic hydroxyl groups excluding tert-OH is 1. The second-order valence-electron chi connectivity index (χ2n) is 3.94. The number of nitrogens with one attached hydrogen (secondary N) is 1. The van der Waals surface area contributed by atoms with Gasteiger partial charge in [-0.2, -0.15) is 0 Å². The lowest BCUT2D eigenvalue weighted by Gasteiger charge is -2.12. The highest BCUT2D eigenvalue weighted by Crippen LogP contribution is 2.12. The maximum atomic E-state index is 9.36. The Morgan fingerprint density at radius 2 is 2.33 bits per heavy atom. The van der Waals surface area contributed by atoms with Crippen molar-refractivity contribution in [3.05, 3.63) is 24.2 Å². The van der Waals surface area contributed by atoms with Gasteiger partial charge in [0, 0.05) is 11.6 Å². The summed E-state index contributed by atoms with van der Waals surface area (Å²) >= 11 is 0. The van der Waals surface area contributed by atoms with E-state index in [1.807, 2.05) is 13.0 Å². The van der Waals surface area contributed by atoms with E-state index < -0.39 is 0 Å². The fraction of sp³-hybridized carbons (Fsp3) is 0.667. The van der Waals surface area contributed by atoms with E-state index in [0.29, 0.717) is 6.04 Å². The second-order valence-corrected chi connectivity index (χ2v) is 3.94. The average molecular weight is 211 g/mol. The Labute approximate surface area is 91.5 Å². The Morgan fingerprint density at radius 3 is 2.93 bits per heavy atom. The number of furan rings is 1. The summed E-state index contributed by atoms with van der Waals surface area (Å²) in [6.45, 7) is 5.05. The standard InChI is InChI=1S/C12H21NO2/c1-3-12(14)5-4-7-13-10(2)11-6-8-15-9-11/h6,8-10,12-14H,3-5,7H2,1-2H3. The Morgan fingerprint density at radius 1 is 1.53 bits per heavy atom. The lowest BCUT2D eigenvalue weighted by molar-refractivity contribution is 0.157. The molecule has 0 aliphatic carbocycles. The van der Waals surface area contributed by atoms with E-state index in [1.54, 1.807) is 12.5 Å². The van der Waals surface area contributed by atoms with Crippen LogP contribution in [0.3, 0.4) is 0 Å². The topological polar surface area (TPSA) is 45.4 Å².